The molecule has 0 fully saturated rings. The Morgan fingerprint density at radius 3 is 2.00 bits per heavy atom. The highest BCUT2D eigenvalue weighted by molar-refractivity contribution is 14.1. The van der Waals surface area contributed by atoms with E-state index < -0.39 is 0 Å². The Balaban J connectivity index is 3.06. The van der Waals surface area contributed by atoms with Crippen LogP contribution in [0.15, 0.2) is 18.2 Å². The number of anilines is 2. The lowest BCUT2D eigenvalue weighted by Crippen LogP contribution is -2.12. The summed E-state index contributed by atoms with van der Waals surface area (Å²) < 4.78 is 1.29. The van der Waals surface area contributed by atoms with Crippen molar-refractivity contribution in [1.82, 2.24) is 0 Å². The minimum Gasteiger partial charge on any atom is -0.378 e. The molecule has 0 aliphatic heterocycles. The molecule has 0 atom stereocenters. The molecule has 0 N–H and O–H groups in total. The summed E-state index contributed by atoms with van der Waals surface area (Å²) in [7, 11) is 8.24. The summed E-state index contributed by atoms with van der Waals surface area (Å²) in [6.07, 6.45) is 0. The van der Waals surface area contributed by atoms with Gasteiger partial charge in [-0.3, -0.25) is 0 Å². The van der Waals surface area contributed by atoms with Crippen molar-refractivity contribution in [2.45, 2.75) is 0 Å². The summed E-state index contributed by atoms with van der Waals surface area (Å²) in [5.74, 6) is 0. The fourth-order valence-electron chi connectivity index (χ4n) is 1.14. The van der Waals surface area contributed by atoms with Crippen LogP contribution in [-0.2, 0) is 0 Å². The van der Waals surface area contributed by atoms with Crippen molar-refractivity contribution in [3.8, 4) is 0 Å². The van der Waals surface area contributed by atoms with E-state index in [0.29, 0.717) is 0 Å². The standard InChI is InChI=1S/C10H15IN2/c1-12(2)8-5-6-10(13(3)4)9(11)7-8/h5-7H,1-4H3. The number of rotatable bonds is 2. The van der Waals surface area contributed by atoms with E-state index in [2.05, 4.69) is 78.8 Å². The Kier molecular flexibility index (Phi) is 3.41. The van der Waals surface area contributed by atoms with Gasteiger partial charge in [0, 0.05) is 43.1 Å². The number of nitrogens with zero attached hydrogens (tertiary/aromatic N) is 2. The van der Waals surface area contributed by atoms with E-state index in [1.807, 2.05) is 0 Å². The van der Waals surface area contributed by atoms with Crippen molar-refractivity contribution in [3.05, 3.63) is 21.8 Å². The van der Waals surface area contributed by atoms with Crippen LogP contribution < -0.4 is 9.80 Å². The van der Waals surface area contributed by atoms with Crippen LogP contribution in [-0.4, -0.2) is 28.2 Å². The third-order valence-corrected chi connectivity index (χ3v) is 2.79. The molecular weight excluding hydrogens is 275 g/mol. The van der Waals surface area contributed by atoms with Crippen LogP contribution in [0.1, 0.15) is 0 Å². The Bertz CT molecular complexity index is 295. The van der Waals surface area contributed by atoms with Crippen LogP contribution in [0.25, 0.3) is 0 Å². The Labute approximate surface area is 93.7 Å². The molecule has 0 spiro atoms. The number of hydrogen-bond donors (Lipinski definition) is 0. The van der Waals surface area contributed by atoms with Crippen molar-refractivity contribution in [3.63, 3.8) is 0 Å². The SMILES string of the molecule is CN(C)c1ccc(N(C)C)c(I)c1. The second-order valence-electron chi connectivity index (χ2n) is 3.42. The van der Waals surface area contributed by atoms with Gasteiger partial charge in [-0.25, -0.2) is 0 Å². The average Bonchev–Trinajstić information content (AvgIpc) is 2.03. The first-order valence-corrected chi connectivity index (χ1v) is 5.24. The topological polar surface area (TPSA) is 6.48 Å². The van der Waals surface area contributed by atoms with E-state index in [4.69, 9.17) is 0 Å². The molecule has 13 heavy (non-hydrogen) atoms. The van der Waals surface area contributed by atoms with Gasteiger partial charge in [0.1, 0.15) is 0 Å². The summed E-state index contributed by atoms with van der Waals surface area (Å²) in [5.41, 5.74) is 2.52. The first-order chi connectivity index (χ1) is 6.02. The summed E-state index contributed by atoms with van der Waals surface area (Å²) >= 11 is 2.37. The summed E-state index contributed by atoms with van der Waals surface area (Å²) in [6.45, 7) is 0. The van der Waals surface area contributed by atoms with Crippen LogP contribution in [0.2, 0.25) is 0 Å². The first kappa shape index (κ1) is 10.6. The predicted molar refractivity (Wildman–Crippen MR) is 67.8 cm³/mol. The Hall–Kier alpha value is -0.450. The zero-order valence-corrected chi connectivity index (χ0v) is 10.7. The van der Waals surface area contributed by atoms with Crippen LogP contribution >= 0.6 is 22.6 Å². The monoisotopic (exact) mass is 290 g/mol. The highest BCUT2D eigenvalue weighted by atomic mass is 127. The highest BCUT2D eigenvalue weighted by Crippen LogP contribution is 2.25. The Morgan fingerprint density at radius 1 is 1.00 bits per heavy atom. The third kappa shape index (κ3) is 2.49. The van der Waals surface area contributed by atoms with Crippen LogP contribution in [0.3, 0.4) is 0 Å². The molecule has 0 saturated heterocycles. The minimum absolute atomic E-state index is 1.25. The molecule has 0 saturated carbocycles. The molecule has 0 aliphatic rings. The maximum absolute atomic E-state index is 2.37. The van der Waals surface area contributed by atoms with Gasteiger partial charge in [-0.15, -0.1) is 0 Å². The maximum atomic E-state index is 2.37. The molecule has 0 radical (unpaired) electrons. The number of hydrogen-bond acceptors (Lipinski definition) is 2. The van der Waals surface area contributed by atoms with Crippen molar-refractivity contribution in [1.29, 1.82) is 0 Å². The molecular formula is C10H15IN2. The molecule has 1 aromatic rings. The second-order valence-corrected chi connectivity index (χ2v) is 4.59. The number of benzene rings is 1. The van der Waals surface area contributed by atoms with Gasteiger partial charge < -0.3 is 9.80 Å². The minimum atomic E-state index is 1.25. The van der Waals surface area contributed by atoms with Gasteiger partial charge in [0.25, 0.3) is 0 Å². The smallest absolute Gasteiger partial charge is 0.0498 e. The fourth-order valence-corrected chi connectivity index (χ4v) is 2.12. The van der Waals surface area contributed by atoms with E-state index >= 15 is 0 Å². The quantitative estimate of drug-likeness (QED) is 0.772. The summed E-state index contributed by atoms with van der Waals surface area (Å²) in [5, 5.41) is 0. The largest absolute Gasteiger partial charge is 0.378 e. The van der Waals surface area contributed by atoms with Crippen LogP contribution in [0.5, 0.6) is 0 Å². The second kappa shape index (κ2) is 4.17. The molecule has 1 aromatic carbocycles. The zero-order valence-electron chi connectivity index (χ0n) is 8.50. The molecule has 3 heteroatoms. The van der Waals surface area contributed by atoms with Crippen molar-refractivity contribution in [2.75, 3.05) is 38.0 Å². The molecule has 2 nitrogen and oxygen atoms in total. The molecule has 1 rings (SSSR count). The van der Waals surface area contributed by atoms with Gasteiger partial charge >= 0.3 is 0 Å². The zero-order chi connectivity index (χ0) is 10.0. The van der Waals surface area contributed by atoms with E-state index in [9.17, 15) is 0 Å². The van der Waals surface area contributed by atoms with E-state index in [1.165, 1.54) is 14.9 Å². The van der Waals surface area contributed by atoms with Crippen LogP contribution in [0.4, 0.5) is 11.4 Å². The summed E-state index contributed by atoms with van der Waals surface area (Å²) in [6, 6.07) is 6.48. The van der Waals surface area contributed by atoms with E-state index in [-0.39, 0.29) is 0 Å². The average molecular weight is 290 g/mol. The number of halogens is 1. The molecule has 0 aliphatic carbocycles. The molecule has 0 amide bonds. The Morgan fingerprint density at radius 2 is 1.62 bits per heavy atom. The van der Waals surface area contributed by atoms with Gasteiger partial charge in [0.2, 0.25) is 0 Å². The molecule has 72 valence electrons. The molecule has 0 unspecified atom stereocenters. The van der Waals surface area contributed by atoms with Gasteiger partial charge in [-0.05, 0) is 40.8 Å². The molecule has 0 aromatic heterocycles. The fraction of sp³-hybridized carbons (Fsp3) is 0.400. The van der Waals surface area contributed by atoms with Crippen molar-refractivity contribution >= 4 is 34.0 Å². The van der Waals surface area contributed by atoms with E-state index in [0.717, 1.165) is 0 Å². The van der Waals surface area contributed by atoms with Gasteiger partial charge in [-0.2, -0.15) is 0 Å². The highest BCUT2D eigenvalue weighted by Gasteiger charge is 2.03. The first-order valence-electron chi connectivity index (χ1n) is 4.16. The normalized spacial score (nSPS) is 9.92. The molecule has 0 bridgehead atoms. The lowest BCUT2D eigenvalue weighted by Gasteiger charge is -2.18. The maximum Gasteiger partial charge on any atom is 0.0498 e. The third-order valence-electron chi connectivity index (χ3n) is 1.93. The lowest BCUT2D eigenvalue weighted by atomic mass is 10.2. The molecule has 0 heterocycles. The summed E-state index contributed by atoms with van der Waals surface area (Å²) in [4.78, 5) is 4.24. The predicted octanol–water partition coefficient (Wildman–Crippen LogP) is 2.42. The van der Waals surface area contributed by atoms with Gasteiger partial charge in [-0.1, -0.05) is 0 Å². The van der Waals surface area contributed by atoms with Gasteiger partial charge in [0.05, 0.1) is 0 Å². The van der Waals surface area contributed by atoms with Crippen LogP contribution in [0, 0.1) is 3.57 Å². The van der Waals surface area contributed by atoms with E-state index in [1.54, 1.807) is 0 Å². The van der Waals surface area contributed by atoms with Gasteiger partial charge in [0.15, 0.2) is 0 Å². The lowest BCUT2D eigenvalue weighted by molar-refractivity contribution is 1.10. The van der Waals surface area contributed by atoms with Crippen molar-refractivity contribution in [2.24, 2.45) is 0 Å². The van der Waals surface area contributed by atoms with Crippen molar-refractivity contribution < 1.29 is 0 Å².